The molecule has 1 aromatic carbocycles. The van der Waals surface area contributed by atoms with Crippen molar-refractivity contribution in [2.45, 2.75) is 154 Å². The van der Waals surface area contributed by atoms with Gasteiger partial charge in [0.25, 0.3) is 0 Å². The van der Waals surface area contributed by atoms with Crippen molar-refractivity contribution in [2.75, 3.05) is 76.5 Å². The minimum Gasteiger partial charge on any atom is -0.508 e. The number of aromatic hydroxyl groups is 1. The van der Waals surface area contributed by atoms with Crippen LogP contribution in [0.4, 0.5) is 0 Å². The number of thioether (sulfide) groups is 1. The van der Waals surface area contributed by atoms with Gasteiger partial charge in [-0.15, -0.1) is 0 Å². The number of ether oxygens (including phenoxy) is 2. The number of nitrogens with zero attached hydrogens (tertiary/aromatic N) is 1. The number of halogens is 1. The van der Waals surface area contributed by atoms with Crippen LogP contribution in [0.3, 0.4) is 0 Å². The molecule has 0 aliphatic carbocycles. The van der Waals surface area contributed by atoms with Crippen molar-refractivity contribution >= 4 is 86.3 Å². The van der Waals surface area contributed by atoms with Gasteiger partial charge >= 0.3 is 0 Å². The number of ketones is 4. The first-order valence-corrected chi connectivity index (χ1v) is 30.9. The van der Waals surface area contributed by atoms with E-state index in [0.29, 0.717) is 116 Å². The SMILES string of the molecule is CC[C@H](C)[C@@H]1NC(=O)CCNC(=O)CSCC[C@@H](C(=O)CC[C@@H](CCCN=C(N)N)CN[C@@H](Cc2ccc(O)cc2)C(N)=O)CC(=O)[C@H](CCCCNC(=O)CCOCCOC)CCC(=O)[C@H](CCCCNC(=O)CBr)CCC1=O. The molecule has 2 rings (SSSR count). The van der Waals surface area contributed by atoms with Gasteiger partial charge in [-0.25, -0.2) is 0 Å². The average Bonchev–Trinajstić information content (AvgIpc) is 3.42. The van der Waals surface area contributed by atoms with Gasteiger partial charge < -0.3 is 58.4 Å². The number of primary amides is 1. The Morgan fingerprint density at radius 1 is 0.812 bits per heavy atom. The van der Waals surface area contributed by atoms with E-state index < -0.39 is 35.7 Å². The Hall–Kier alpha value is -4.97. The van der Waals surface area contributed by atoms with Crippen LogP contribution in [-0.4, -0.2) is 152 Å². The fourth-order valence-corrected chi connectivity index (χ4v) is 10.5. The summed E-state index contributed by atoms with van der Waals surface area (Å²) in [7, 11) is 1.57. The second-order valence-electron chi connectivity index (χ2n) is 20.9. The summed E-state index contributed by atoms with van der Waals surface area (Å²) in [5.74, 6) is -3.85. The summed E-state index contributed by atoms with van der Waals surface area (Å²) in [5, 5.41) is 24.6. The third-order valence-electron chi connectivity index (χ3n) is 14.6. The lowest BCUT2D eigenvalue weighted by molar-refractivity contribution is -0.131. The van der Waals surface area contributed by atoms with Crippen LogP contribution in [0.15, 0.2) is 29.3 Å². The van der Waals surface area contributed by atoms with E-state index in [2.05, 4.69) is 47.5 Å². The van der Waals surface area contributed by atoms with Crippen molar-refractivity contribution in [1.29, 1.82) is 0 Å². The molecule has 0 unspecified atom stereocenters. The second kappa shape index (κ2) is 42.8. The van der Waals surface area contributed by atoms with Gasteiger partial charge in [-0.3, -0.25) is 48.1 Å². The predicted octanol–water partition coefficient (Wildman–Crippen LogP) is 4.10. The maximum atomic E-state index is 14.7. The molecule has 21 nitrogen and oxygen atoms in total. The third-order valence-corrected chi connectivity index (χ3v) is 16.1. The van der Waals surface area contributed by atoms with Gasteiger partial charge in [0.1, 0.15) is 23.1 Å². The maximum absolute atomic E-state index is 14.7. The molecular formula is C57H94BrN9O12S. The van der Waals surface area contributed by atoms with Gasteiger partial charge in [-0.1, -0.05) is 61.2 Å². The number of rotatable bonds is 33. The number of alkyl halides is 1. The molecule has 1 heterocycles. The van der Waals surface area contributed by atoms with E-state index in [0.717, 1.165) is 5.56 Å². The van der Waals surface area contributed by atoms with Gasteiger partial charge in [-0.05, 0) is 112 Å². The number of Topliss-reactive ketones (excluding diaryl/α,β-unsaturated/α-hetero) is 4. The van der Waals surface area contributed by atoms with Crippen molar-refractivity contribution in [1.82, 2.24) is 26.6 Å². The van der Waals surface area contributed by atoms with Gasteiger partial charge in [-0.2, -0.15) is 11.8 Å². The molecule has 23 heteroatoms. The van der Waals surface area contributed by atoms with Crippen molar-refractivity contribution in [2.24, 2.45) is 51.8 Å². The summed E-state index contributed by atoms with van der Waals surface area (Å²) < 4.78 is 10.4. The Bertz CT molecular complexity index is 2080. The first-order valence-electron chi connectivity index (χ1n) is 28.6. The molecule has 1 aliphatic heterocycles. The van der Waals surface area contributed by atoms with E-state index in [9.17, 15) is 48.3 Å². The fraction of sp³-hybridized carbons (Fsp3) is 0.719. The quantitative estimate of drug-likeness (QED) is 0.0207. The highest BCUT2D eigenvalue weighted by atomic mass is 79.9. The molecule has 1 aliphatic rings. The van der Waals surface area contributed by atoms with Crippen LogP contribution in [0.5, 0.6) is 5.75 Å². The van der Waals surface area contributed by atoms with Crippen LogP contribution in [0.25, 0.3) is 0 Å². The monoisotopic (exact) mass is 1210 g/mol. The molecule has 0 saturated carbocycles. The number of nitrogens with one attached hydrogen (secondary N) is 5. The standard InChI is InChI=1S/C57H94BrN9O12S/c1-4-39(2)55-49(71)22-17-42(11-5-8-27-63-53(75)36-58)47(69)21-16-43(12-6-7-26-62-51(73)24-30-79-32-31-78-3)50(72)35-44(25-33-80-38-54(76)64-29-23-52(74)67-55)48(70)20-15-41(10-9-28-65-57(60)61)37-66-46(56(59)77)34-40-13-18-45(68)19-14-40/h13-14,18-19,39,41-44,46,55,66,68H,4-12,15-17,20-38H2,1-3H3,(H2,59,77)(H,62,73)(H,63,75)(H,64,76)(H,67,74)(H4,60,61,65)/t39-,41+,42+,43+,44+,46-,55-/m0/s1. The third kappa shape index (κ3) is 32.5. The molecule has 0 aromatic heterocycles. The molecule has 12 N–H and O–H groups in total. The highest BCUT2D eigenvalue weighted by molar-refractivity contribution is 9.09. The Morgan fingerprint density at radius 2 is 1.48 bits per heavy atom. The zero-order valence-corrected chi connectivity index (χ0v) is 50.1. The fourth-order valence-electron chi connectivity index (χ4n) is 9.46. The minimum absolute atomic E-state index is 0.0375. The van der Waals surface area contributed by atoms with Crippen molar-refractivity contribution in [3.8, 4) is 5.75 Å². The Balaban J connectivity index is 2.46. The number of aliphatic imine (C=N–C) groups is 1. The number of hydrogen-bond donors (Lipinski definition) is 9. The van der Waals surface area contributed by atoms with E-state index in [1.165, 1.54) is 23.9 Å². The van der Waals surface area contributed by atoms with Gasteiger partial charge in [0.2, 0.25) is 29.5 Å². The van der Waals surface area contributed by atoms with Gasteiger partial charge in [0.05, 0.1) is 43.0 Å². The van der Waals surface area contributed by atoms with E-state index >= 15 is 0 Å². The molecular weight excluding hydrogens is 1110 g/mol. The van der Waals surface area contributed by atoms with Gasteiger partial charge in [0.15, 0.2) is 11.7 Å². The smallest absolute Gasteiger partial charge is 0.234 e. The molecule has 1 fully saturated rings. The zero-order valence-electron chi connectivity index (χ0n) is 47.7. The van der Waals surface area contributed by atoms with Crippen LogP contribution in [0.2, 0.25) is 0 Å². The molecule has 80 heavy (non-hydrogen) atoms. The van der Waals surface area contributed by atoms with Crippen LogP contribution in [0, 0.1) is 29.6 Å². The number of guanidine groups is 1. The molecule has 452 valence electrons. The van der Waals surface area contributed by atoms with E-state index in [1.807, 2.05) is 13.8 Å². The van der Waals surface area contributed by atoms with E-state index in [-0.39, 0.29) is 152 Å². The molecule has 0 radical (unpaired) electrons. The number of hydrogen-bond acceptors (Lipinski definition) is 15. The summed E-state index contributed by atoms with van der Waals surface area (Å²) in [6.45, 7) is 6.38. The first-order chi connectivity index (χ1) is 38.4. The number of amides is 5. The number of phenolic OH excluding ortho intramolecular Hbond substituents is 1. The van der Waals surface area contributed by atoms with Gasteiger partial charge in [0, 0.05) is 89.6 Å². The van der Waals surface area contributed by atoms with E-state index in [1.54, 1.807) is 19.2 Å². The van der Waals surface area contributed by atoms with Crippen LogP contribution in [0.1, 0.15) is 141 Å². The Kier molecular flexibility index (Phi) is 38.1. The molecule has 7 atom stereocenters. The topological polar surface area (TPSA) is 343 Å². The second-order valence-corrected chi connectivity index (χ2v) is 22.5. The molecule has 0 bridgehead atoms. The number of carbonyl (C=O) groups is 9. The summed E-state index contributed by atoms with van der Waals surface area (Å²) in [4.78, 5) is 125. The molecule has 1 aromatic rings. The molecule has 1 saturated heterocycles. The number of methoxy groups -OCH3 is 1. The summed E-state index contributed by atoms with van der Waals surface area (Å²) in [5.41, 5.74) is 17.8. The predicted molar refractivity (Wildman–Crippen MR) is 315 cm³/mol. The van der Waals surface area contributed by atoms with Crippen molar-refractivity contribution < 1.29 is 57.7 Å². The average molecular weight is 1210 g/mol. The zero-order chi connectivity index (χ0) is 59.1. The summed E-state index contributed by atoms with van der Waals surface area (Å²) >= 11 is 4.46. The number of phenols is 1. The highest BCUT2D eigenvalue weighted by Crippen LogP contribution is 2.28. The summed E-state index contributed by atoms with van der Waals surface area (Å²) in [6, 6.07) is 4.96. The number of carbonyl (C=O) groups excluding carboxylic acids is 9. The lowest BCUT2D eigenvalue weighted by Crippen LogP contribution is -2.46. The van der Waals surface area contributed by atoms with Crippen LogP contribution >= 0.6 is 27.7 Å². The normalized spacial score (nSPS) is 19.7. The number of nitrogens with two attached hydrogens (primary N) is 3. The minimum atomic E-state index is -0.779. The highest BCUT2D eigenvalue weighted by Gasteiger charge is 2.31. The van der Waals surface area contributed by atoms with Crippen molar-refractivity contribution in [3.63, 3.8) is 0 Å². The van der Waals surface area contributed by atoms with Crippen molar-refractivity contribution in [3.05, 3.63) is 29.8 Å². The molecule has 0 spiro atoms. The first kappa shape index (κ1) is 71.1. The molecule has 5 amide bonds. The Morgan fingerprint density at radius 3 is 2.11 bits per heavy atom. The lowest BCUT2D eigenvalue weighted by atomic mass is 9.81. The van der Waals surface area contributed by atoms with Crippen LogP contribution < -0.4 is 43.8 Å². The van der Waals surface area contributed by atoms with Crippen LogP contribution in [-0.2, 0) is 59.0 Å². The maximum Gasteiger partial charge on any atom is 0.234 e. The number of unbranched alkanes of at least 4 members (excludes halogenated alkanes) is 2. The number of benzene rings is 1. The largest absolute Gasteiger partial charge is 0.508 e. The summed E-state index contributed by atoms with van der Waals surface area (Å²) in [6.07, 6.45) is 6.63. The lowest BCUT2D eigenvalue weighted by Gasteiger charge is -2.25. The Labute approximate surface area is 486 Å². The van der Waals surface area contributed by atoms with E-state index in [4.69, 9.17) is 26.7 Å².